The van der Waals surface area contributed by atoms with Crippen LogP contribution >= 0.6 is 0 Å². The van der Waals surface area contributed by atoms with Crippen LogP contribution in [-0.2, 0) is 10.8 Å². The number of rotatable bonds is 0. The smallest absolute Gasteiger partial charge is 0.0750 e. The fourth-order valence-corrected chi connectivity index (χ4v) is 5.12. The zero-order valence-corrected chi connectivity index (χ0v) is 17.6. The first-order valence-corrected chi connectivity index (χ1v) is 10.2. The normalized spacial score (nSPS) is 16.8. The second kappa shape index (κ2) is 5.44. The molecule has 0 aliphatic heterocycles. The van der Waals surface area contributed by atoms with Gasteiger partial charge >= 0.3 is 0 Å². The van der Waals surface area contributed by atoms with E-state index in [1.165, 1.54) is 44.0 Å². The second-order valence-corrected chi connectivity index (χ2v) is 9.48. The molecule has 0 fully saturated rings. The molecular formula is C27H27N. The molecule has 1 heteroatoms. The van der Waals surface area contributed by atoms with Crippen LogP contribution in [0.4, 0.5) is 0 Å². The van der Waals surface area contributed by atoms with E-state index in [2.05, 4.69) is 96.1 Å². The lowest BCUT2D eigenvalue weighted by Gasteiger charge is -2.48. The van der Waals surface area contributed by atoms with Crippen LogP contribution in [0.3, 0.4) is 0 Å². The summed E-state index contributed by atoms with van der Waals surface area (Å²) < 4.78 is 0. The molecule has 140 valence electrons. The number of hydrogen-bond acceptors (Lipinski definition) is 1. The summed E-state index contributed by atoms with van der Waals surface area (Å²) in [5.74, 6) is 0. The number of pyridine rings is 1. The van der Waals surface area contributed by atoms with Gasteiger partial charge in [-0.25, -0.2) is 4.98 Å². The molecule has 0 saturated carbocycles. The van der Waals surface area contributed by atoms with E-state index < -0.39 is 0 Å². The van der Waals surface area contributed by atoms with Gasteiger partial charge in [-0.15, -0.1) is 0 Å². The van der Waals surface area contributed by atoms with Gasteiger partial charge < -0.3 is 0 Å². The highest BCUT2D eigenvalue weighted by molar-refractivity contribution is 5.96. The van der Waals surface area contributed by atoms with Crippen molar-refractivity contribution in [1.29, 1.82) is 0 Å². The molecule has 0 spiro atoms. The van der Waals surface area contributed by atoms with Crippen molar-refractivity contribution in [3.63, 3.8) is 0 Å². The summed E-state index contributed by atoms with van der Waals surface area (Å²) >= 11 is 0. The summed E-state index contributed by atoms with van der Waals surface area (Å²) in [5, 5.41) is 3.90. The number of aromatic nitrogens is 1. The first-order valence-electron chi connectivity index (χ1n) is 10.2. The molecule has 0 atom stereocenters. The van der Waals surface area contributed by atoms with Crippen molar-refractivity contribution in [2.45, 2.75) is 52.4 Å². The summed E-state index contributed by atoms with van der Waals surface area (Å²) in [6, 6.07) is 20.0. The maximum absolute atomic E-state index is 5.18. The van der Waals surface area contributed by atoms with Gasteiger partial charge in [0.25, 0.3) is 0 Å². The molecule has 28 heavy (non-hydrogen) atoms. The Hall–Kier alpha value is -2.67. The van der Waals surface area contributed by atoms with Crippen LogP contribution in [0.1, 0.15) is 49.9 Å². The highest BCUT2D eigenvalue weighted by Gasteiger charge is 2.47. The molecule has 1 nitrogen and oxygen atoms in total. The number of hydrogen-bond donors (Lipinski definition) is 0. The number of para-hydroxylation sites is 1. The van der Waals surface area contributed by atoms with Crippen LogP contribution in [0.15, 0.2) is 54.6 Å². The molecule has 4 aromatic rings. The number of aryl methyl sites for hydroxylation is 2. The van der Waals surface area contributed by atoms with Crippen molar-refractivity contribution in [2.75, 3.05) is 0 Å². The maximum Gasteiger partial charge on any atom is 0.0750 e. The first-order chi connectivity index (χ1) is 13.2. The Kier molecular flexibility index (Phi) is 3.39. The molecule has 0 N–H and O–H groups in total. The SMILES string of the molecule is Cc1ccc2cc3c(c(C)c2c1)C(C)(C)C(C)(C)c1cc2ccccc2nc1-3. The lowest BCUT2D eigenvalue weighted by molar-refractivity contribution is 0.297. The van der Waals surface area contributed by atoms with E-state index in [4.69, 9.17) is 4.98 Å². The monoisotopic (exact) mass is 365 g/mol. The third-order valence-corrected chi connectivity index (χ3v) is 7.40. The summed E-state index contributed by atoms with van der Waals surface area (Å²) in [5.41, 5.74) is 9.03. The number of benzene rings is 3. The zero-order valence-electron chi connectivity index (χ0n) is 17.6. The molecule has 5 rings (SSSR count). The van der Waals surface area contributed by atoms with E-state index in [0.717, 1.165) is 11.2 Å². The van der Waals surface area contributed by atoms with Gasteiger partial charge in [0, 0.05) is 16.4 Å². The summed E-state index contributed by atoms with van der Waals surface area (Å²) in [4.78, 5) is 5.18. The molecule has 0 bridgehead atoms. The summed E-state index contributed by atoms with van der Waals surface area (Å²) in [7, 11) is 0. The van der Waals surface area contributed by atoms with E-state index in [0.29, 0.717) is 0 Å². The third kappa shape index (κ3) is 2.11. The van der Waals surface area contributed by atoms with Gasteiger partial charge in [0.15, 0.2) is 0 Å². The van der Waals surface area contributed by atoms with Gasteiger partial charge in [-0.3, -0.25) is 0 Å². The average molecular weight is 366 g/mol. The molecule has 0 unspecified atom stereocenters. The van der Waals surface area contributed by atoms with Crippen LogP contribution < -0.4 is 0 Å². The first kappa shape index (κ1) is 17.4. The van der Waals surface area contributed by atoms with Crippen molar-refractivity contribution in [3.05, 3.63) is 76.9 Å². The molecule has 1 aliphatic rings. The largest absolute Gasteiger partial charge is 0.247 e. The second-order valence-electron chi connectivity index (χ2n) is 9.48. The predicted octanol–water partition coefficient (Wildman–Crippen LogP) is 7.24. The Morgan fingerprint density at radius 3 is 2.29 bits per heavy atom. The van der Waals surface area contributed by atoms with Crippen molar-refractivity contribution in [2.24, 2.45) is 0 Å². The summed E-state index contributed by atoms with van der Waals surface area (Å²) in [6.45, 7) is 14.0. The van der Waals surface area contributed by atoms with E-state index in [1.807, 2.05) is 0 Å². The van der Waals surface area contributed by atoms with E-state index in [-0.39, 0.29) is 10.8 Å². The van der Waals surface area contributed by atoms with Crippen LogP contribution in [0.2, 0.25) is 0 Å². The molecule has 1 aromatic heterocycles. The molecule has 3 aromatic carbocycles. The van der Waals surface area contributed by atoms with Crippen LogP contribution in [-0.4, -0.2) is 4.98 Å². The minimum atomic E-state index is -0.0192. The van der Waals surface area contributed by atoms with Crippen molar-refractivity contribution in [1.82, 2.24) is 4.98 Å². The Morgan fingerprint density at radius 1 is 0.750 bits per heavy atom. The molecule has 0 saturated heterocycles. The molecule has 1 aliphatic carbocycles. The van der Waals surface area contributed by atoms with E-state index >= 15 is 0 Å². The number of nitrogens with zero attached hydrogens (tertiary/aromatic N) is 1. The van der Waals surface area contributed by atoms with Gasteiger partial charge in [0.1, 0.15) is 0 Å². The minimum absolute atomic E-state index is 0.00148. The lowest BCUT2D eigenvalue weighted by Crippen LogP contribution is -2.44. The van der Waals surface area contributed by atoms with Crippen molar-refractivity contribution >= 4 is 21.7 Å². The minimum Gasteiger partial charge on any atom is -0.247 e. The molecule has 0 radical (unpaired) electrons. The van der Waals surface area contributed by atoms with Gasteiger partial charge in [0.2, 0.25) is 0 Å². The summed E-state index contributed by atoms with van der Waals surface area (Å²) in [6.07, 6.45) is 0. The highest BCUT2D eigenvalue weighted by Crippen LogP contribution is 2.55. The van der Waals surface area contributed by atoms with Crippen molar-refractivity contribution in [3.8, 4) is 11.3 Å². The fraction of sp³-hybridized carbons (Fsp3) is 0.296. The molecule has 1 heterocycles. The zero-order chi connectivity index (χ0) is 19.8. The van der Waals surface area contributed by atoms with E-state index in [1.54, 1.807) is 0 Å². The van der Waals surface area contributed by atoms with Crippen LogP contribution in [0.25, 0.3) is 32.9 Å². The lowest BCUT2D eigenvalue weighted by atomic mass is 9.55. The van der Waals surface area contributed by atoms with Gasteiger partial charge in [-0.2, -0.15) is 0 Å². The maximum atomic E-state index is 5.18. The van der Waals surface area contributed by atoms with Gasteiger partial charge in [-0.05, 0) is 64.9 Å². The Bertz CT molecular complexity index is 1270. The Morgan fingerprint density at radius 2 is 1.50 bits per heavy atom. The van der Waals surface area contributed by atoms with Crippen LogP contribution in [0, 0.1) is 13.8 Å². The predicted molar refractivity (Wildman–Crippen MR) is 120 cm³/mol. The average Bonchev–Trinajstić information content (AvgIpc) is 2.66. The highest BCUT2D eigenvalue weighted by atomic mass is 14.7. The van der Waals surface area contributed by atoms with Gasteiger partial charge in [0.05, 0.1) is 11.2 Å². The molecule has 0 amide bonds. The van der Waals surface area contributed by atoms with Crippen LogP contribution in [0.5, 0.6) is 0 Å². The molecular weight excluding hydrogens is 338 g/mol. The topological polar surface area (TPSA) is 12.9 Å². The van der Waals surface area contributed by atoms with E-state index in [9.17, 15) is 0 Å². The fourth-order valence-electron chi connectivity index (χ4n) is 5.12. The Labute approximate surface area is 167 Å². The quantitative estimate of drug-likeness (QED) is 0.320. The number of fused-ring (bicyclic) bond motifs is 5. The standard InChI is InChI=1S/C27H27N/c1-16-11-12-18-14-21-24(17(2)20(18)13-16)27(5,6)26(3,4)22-15-19-9-7-8-10-23(19)28-25(21)22/h7-15H,1-6H3. The van der Waals surface area contributed by atoms with Crippen molar-refractivity contribution < 1.29 is 0 Å². The third-order valence-electron chi connectivity index (χ3n) is 7.40. The van der Waals surface area contributed by atoms with Gasteiger partial charge in [-0.1, -0.05) is 69.7 Å². The Balaban J connectivity index is 1.98.